The van der Waals surface area contributed by atoms with Crippen LogP contribution < -0.4 is 5.32 Å². The average Bonchev–Trinajstić information content (AvgIpc) is 2.42. The highest BCUT2D eigenvalue weighted by molar-refractivity contribution is 5.30. The normalized spacial score (nSPS) is 17.9. The summed E-state index contributed by atoms with van der Waals surface area (Å²) in [5, 5.41) is 3.16. The molecule has 0 aromatic carbocycles. The first-order valence-corrected chi connectivity index (χ1v) is 7.20. The van der Waals surface area contributed by atoms with Crippen LogP contribution >= 0.6 is 0 Å². The van der Waals surface area contributed by atoms with Gasteiger partial charge < -0.3 is 5.32 Å². The van der Waals surface area contributed by atoms with Crippen molar-refractivity contribution in [2.75, 3.05) is 38.0 Å². The van der Waals surface area contributed by atoms with Gasteiger partial charge in [0.2, 0.25) is 0 Å². The number of anilines is 1. The van der Waals surface area contributed by atoms with E-state index in [-0.39, 0.29) is 0 Å². The first-order valence-electron chi connectivity index (χ1n) is 7.20. The van der Waals surface area contributed by atoms with Gasteiger partial charge in [0.15, 0.2) is 0 Å². The molecule has 1 fully saturated rings. The topological polar surface area (TPSA) is 44.3 Å². The Morgan fingerprint density at radius 3 is 2.42 bits per heavy atom. The third kappa shape index (κ3) is 4.14. The Balaban J connectivity index is 1.82. The van der Waals surface area contributed by atoms with Crippen LogP contribution in [0.5, 0.6) is 0 Å². The number of nitrogens with zero attached hydrogens (tertiary/aromatic N) is 4. The highest BCUT2D eigenvalue weighted by atomic mass is 15.3. The van der Waals surface area contributed by atoms with Crippen LogP contribution in [0.1, 0.15) is 26.5 Å². The quantitative estimate of drug-likeness (QED) is 0.871. The van der Waals surface area contributed by atoms with Crippen molar-refractivity contribution in [3.8, 4) is 0 Å². The summed E-state index contributed by atoms with van der Waals surface area (Å²) in [5.41, 5.74) is 1.06. The zero-order valence-corrected chi connectivity index (χ0v) is 12.3. The van der Waals surface area contributed by atoms with Crippen molar-refractivity contribution in [3.63, 3.8) is 0 Å². The number of aromatic nitrogens is 2. The summed E-state index contributed by atoms with van der Waals surface area (Å²) in [6.45, 7) is 12.9. The smallest absolute Gasteiger partial charge is 0.144 e. The fourth-order valence-corrected chi connectivity index (χ4v) is 2.38. The Bertz CT molecular complexity index is 368. The van der Waals surface area contributed by atoms with Gasteiger partial charge in [-0.1, -0.05) is 0 Å². The number of nitrogens with one attached hydrogen (secondary N) is 1. The summed E-state index contributed by atoms with van der Waals surface area (Å²) >= 11 is 0. The monoisotopic (exact) mass is 263 g/mol. The van der Waals surface area contributed by atoms with Crippen LogP contribution in [-0.4, -0.2) is 58.5 Å². The van der Waals surface area contributed by atoms with Gasteiger partial charge in [-0.2, -0.15) is 0 Å². The van der Waals surface area contributed by atoms with E-state index < -0.39 is 0 Å². The van der Waals surface area contributed by atoms with Crippen LogP contribution in [0.2, 0.25) is 0 Å². The van der Waals surface area contributed by atoms with Gasteiger partial charge in [-0.25, -0.2) is 4.98 Å². The van der Waals surface area contributed by atoms with Gasteiger partial charge in [-0.15, -0.1) is 0 Å². The van der Waals surface area contributed by atoms with Crippen molar-refractivity contribution < 1.29 is 0 Å². The largest absolute Gasteiger partial charge is 0.369 e. The highest BCUT2D eigenvalue weighted by Gasteiger charge is 2.18. The Labute approximate surface area is 116 Å². The van der Waals surface area contributed by atoms with Crippen LogP contribution in [0.3, 0.4) is 0 Å². The zero-order valence-electron chi connectivity index (χ0n) is 12.3. The lowest BCUT2D eigenvalue weighted by molar-refractivity contribution is 0.103. The molecule has 2 rings (SSSR count). The van der Waals surface area contributed by atoms with Gasteiger partial charge in [-0.3, -0.25) is 14.8 Å². The van der Waals surface area contributed by atoms with Gasteiger partial charge in [0.1, 0.15) is 5.82 Å². The lowest BCUT2D eigenvalue weighted by Crippen LogP contribution is -2.48. The first kappa shape index (κ1) is 14.2. The fourth-order valence-electron chi connectivity index (χ4n) is 2.38. The second kappa shape index (κ2) is 6.82. The standard InChI is InChI=1S/C14H25N5/c1-4-15-14-10-16-13(9-17-14)11-18-5-7-19(8-6-18)12(2)3/h9-10,12H,4-8,11H2,1-3H3,(H,15,17). The summed E-state index contributed by atoms with van der Waals surface area (Å²) < 4.78 is 0. The predicted molar refractivity (Wildman–Crippen MR) is 78.2 cm³/mol. The summed E-state index contributed by atoms with van der Waals surface area (Å²) in [6.07, 6.45) is 3.70. The molecule has 5 heteroatoms. The molecule has 1 saturated heterocycles. The van der Waals surface area contributed by atoms with Crippen LogP contribution in [0.4, 0.5) is 5.82 Å². The molecule has 1 aliphatic heterocycles. The van der Waals surface area contributed by atoms with Gasteiger partial charge in [-0.05, 0) is 20.8 Å². The number of rotatable bonds is 5. The molecule has 0 saturated carbocycles. The van der Waals surface area contributed by atoms with Gasteiger partial charge in [0, 0.05) is 45.3 Å². The minimum absolute atomic E-state index is 0.654. The molecule has 106 valence electrons. The second-order valence-electron chi connectivity index (χ2n) is 5.33. The molecule has 0 spiro atoms. The zero-order chi connectivity index (χ0) is 13.7. The van der Waals surface area contributed by atoms with E-state index in [2.05, 4.69) is 45.9 Å². The summed E-state index contributed by atoms with van der Waals surface area (Å²) in [6, 6.07) is 0.654. The van der Waals surface area contributed by atoms with Crippen LogP contribution in [0.25, 0.3) is 0 Å². The average molecular weight is 263 g/mol. The molecule has 0 amide bonds. The maximum Gasteiger partial charge on any atom is 0.144 e. The van der Waals surface area contributed by atoms with E-state index >= 15 is 0 Å². The van der Waals surface area contributed by atoms with Crippen molar-refractivity contribution in [1.29, 1.82) is 0 Å². The Hall–Kier alpha value is -1.20. The molecule has 0 unspecified atom stereocenters. The molecular weight excluding hydrogens is 238 g/mol. The Kier molecular flexibility index (Phi) is 5.10. The van der Waals surface area contributed by atoms with E-state index in [1.165, 1.54) is 0 Å². The third-order valence-electron chi connectivity index (χ3n) is 3.59. The molecule has 0 aliphatic carbocycles. The van der Waals surface area contributed by atoms with Crippen molar-refractivity contribution in [2.24, 2.45) is 0 Å². The molecule has 0 atom stereocenters. The van der Waals surface area contributed by atoms with Gasteiger partial charge in [0.25, 0.3) is 0 Å². The highest BCUT2D eigenvalue weighted by Crippen LogP contribution is 2.09. The van der Waals surface area contributed by atoms with Gasteiger partial charge >= 0.3 is 0 Å². The van der Waals surface area contributed by atoms with E-state index in [1.54, 1.807) is 0 Å². The van der Waals surface area contributed by atoms with Crippen LogP contribution in [-0.2, 0) is 6.54 Å². The van der Waals surface area contributed by atoms with E-state index in [9.17, 15) is 0 Å². The molecule has 5 nitrogen and oxygen atoms in total. The molecule has 19 heavy (non-hydrogen) atoms. The molecule has 0 radical (unpaired) electrons. The molecule has 1 N–H and O–H groups in total. The number of piperazine rings is 1. The van der Waals surface area contributed by atoms with E-state index in [0.29, 0.717) is 6.04 Å². The van der Waals surface area contributed by atoms with Crippen molar-refractivity contribution in [1.82, 2.24) is 19.8 Å². The summed E-state index contributed by atoms with van der Waals surface area (Å²) in [7, 11) is 0. The Morgan fingerprint density at radius 2 is 1.89 bits per heavy atom. The minimum Gasteiger partial charge on any atom is -0.369 e. The lowest BCUT2D eigenvalue weighted by atomic mass is 10.2. The van der Waals surface area contributed by atoms with E-state index in [0.717, 1.165) is 50.8 Å². The van der Waals surface area contributed by atoms with Gasteiger partial charge in [0.05, 0.1) is 18.1 Å². The first-order chi connectivity index (χ1) is 9.19. The SMILES string of the molecule is CCNc1cnc(CN2CCN(C(C)C)CC2)cn1. The maximum atomic E-state index is 4.47. The second-order valence-corrected chi connectivity index (χ2v) is 5.33. The molecule has 1 aromatic rings. The number of hydrogen-bond donors (Lipinski definition) is 1. The maximum absolute atomic E-state index is 4.47. The van der Waals surface area contributed by atoms with E-state index in [1.807, 2.05) is 12.4 Å². The molecule has 1 aliphatic rings. The van der Waals surface area contributed by atoms with Crippen molar-refractivity contribution >= 4 is 5.82 Å². The lowest BCUT2D eigenvalue weighted by Gasteiger charge is -2.36. The molecule has 1 aromatic heterocycles. The summed E-state index contributed by atoms with van der Waals surface area (Å²) in [4.78, 5) is 13.8. The fraction of sp³-hybridized carbons (Fsp3) is 0.714. The third-order valence-corrected chi connectivity index (χ3v) is 3.59. The van der Waals surface area contributed by atoms with Crippen LogP contribution in [0.15, 0.2) is 12.4 Å². The van der Waals surface area contributed by atoms with Crippen molar-refractivity contribution in [2.45, 2.75) is 33.4 Å². The predicted octanol–water partition coefficient (Wildman–Crippen LogP) is 1.43. The van der Waals surface area contributed by atoms with Crippen LogP contribution in [0, 0.1) is 0 Å². The Morgan fingerprint density at radius 1 is 1.16 bits per heavy atom. The minimum atomic E-state index is 0.654. The molecule has 0 bridgehead atoms. The molecule has 2 heterocycles. The molecular formula is C14H25N5. The van der Waals surface area contributed by atoms with E-state index in [4.69, 9.17) is 0 Å². The number of hydrogen-bond acceptors (Lipinski definition) is 5. The van der Waals surface area contributed by atoms with Crippen molar-refractivity contribution in [3.05, 3.63) is 18.1 Å². The summed E-state index contributed by atoms with van der Waals surface area (Å²) in [5.74, 6) is 0.857.